The quantitative estimate of drug-likeness (QED) is 0.574. The highest BCUT2D eigenvalue weighted by Gasteiger charge is 2.20. The number of rotatable bonds is 10. The largest absolute Gasteiger partial charge is 0.356 e. The van der Waals surface area contributed by atoms with Crippen LogP contribution in [0.1, 0.15) is 55.1 Å². The molecule has 1 aromatic heterocycles. The van der Waals surface area contributed by atoms with Crippen molar-refractivity contribution in [2.24, 2.45) is 0 Å². The molecule has 2 heterocycles. The molecule has 0 bridgehead atoms. The van der Waals surface area contributed by atoms with Crippen LogP contribution >= 0.6 is 0 Å². The van der Waals surface area contributed by atoms with Crippen LogP contribution in [0.2, 0.25) is 0 Å². The molecule has 7 nitrogen and oxygen atoms in total. The van der Waals surface area contributed by atoms with Crippen molar-refractivity contribution in [3.63, 3.8) is 0 Å². The summed E-state index contributed by atoms with van der Waals surface area (Å²) in [5.41, 5.74) is 0.991. The summed E-state index contributed by atoms with van der Waals surface area (Å²) in [4.78, 5) is 37.3. The van der Waals surface area contributed by atoms with Crippen LogP contribution in [-0.4, -0.2) is 63.8 Å². The molecule has 2 amide bonds. The molecule has 1 N–H and O–H groups in total. The molecule has 2 aromatic rings. The van der Waals surface area contributed by atoms with E-state index < -0.39 is 0 Å². The first-order chi connectivity index (χ1) is 15.5. The number of hydrogen-bond acceptors (Lipinski definition) is 5. The zero-order chi connectivity index (χ0) is 22.8. The summed E-state index contributed by atoms with van der Waals surface area (Å²) >= 11 is 0. The van der Waals surface area contributed by atoms with Crippen LogP contribution in [0.15, 0.2) is 42.9 Å². The molecule has 8 heteroatoms. The highest BCUT2D eigenvalue weighted by molar-refractivity contribution is 5.92. The predicted octanol–water partition coefficient (Wildman–Crippen LogP) is 3.03. The summed E-state index contributed by atoms with van der Waals surface area (Å²) in [6, 6.07) is 6.60. The van der Waals surface area contributed by atoms with Crippen molar-refractivity contribution < 1.29 is 14.0 Å². The Morgan fingerprint density at radius 2 is 2.03 bits per heavy atom. The number of halogens is 1. The van der Waals surface area contributed by atoms with Crippen molar-refractivity contribution in [3.05, 3.63) is 59.9 Å². The minimum Gasteiger partial charge on any atom is -0.356 e. The van der Waals surface area contributed by atoms with E-state index in [2.05, 4.69) is 27.1 Å². The van der Waals surface area contributed by atoms with E-state index in [4.69, 9.17) is 0 Å². The van der Waals surface area contributed by atoms with E-state index in [9.17, 15) is 14.0 Å². The van der Waals surface area contributed by atoms with Gasteiger partial charge in [0.15, 0.2) is 0 Å². The lowest BCUT2D eigenvalue weighted by molar-refractivity contribution is -0.121. The number of amides is 2. The first-order valence-corrected chi connectivity index (χ1v) is 11.3. The Bertz CT molecular complexity index is 862. The van der Waals surface area contributed by atoms with Crippen LogP contribution in [0, 0.1) is 5.82 Å². The summed E-state index contributed by atoms with van der Waals surface area (Å²) in [5.74, 6) is -0.735. The molecule has 0 saturated carbocycles. The van der Waals surface area contributed by atoms with Crippen molar-refractivity contribution in [1.29, 1.82) is 0 Å². The number of hydrogen-bond donors (Lipinski definition) is 1. The maximum Gasteiger partial charge on any atom is 0.274 e. The summed E-state index contributed by atoms with van der Waals surface area (Å²) in [7, 11) is 0. The van der Waals surface area contributed by atoms with Gasteiger partial charge in [-0.25, -0.2) is 9.37 Å². The minimum atomic E-state index is -0.334. The fourth-order valence-electron chi connectivity index (χ4n) is 3.96. The average molecular weight is 442 g/mol. The molecule has 1 atom stereocenters. The summed E-state index contributed by atoms with van der Waals surface area (Å²) in [5, 5.41) is 2.96. The zero-order valence-corrected chi connectivity index (χ0v) is 18.7. The van der Waals surface area contributed by atoms with E-state index in [-0.39, 0.29) is 42.8 Å². The average Bonchev–Trinajstić information content (AvgIpc) is 2.82. The molecule has 0 spiro atoms. The van der Waals surface area contributed by atoms with Crippen LogP contribution < -0.4 is 5.32 Å². The van der Waals surface area contributed by atoms with Gasteiger partial charge in [0.25, 0.3) is 5.91 Å². The van der Waals surface area contributed by atoms with Crippen LogP contribution in [-0.2, 0) is 11.3 Å². The first kappa shape index (κ1) is 23.8. The normalized spacial score (nSPS) is 16.5. The monoisotopic (exact) mass is 441 g/mol. The maximum absolute atomic E-state index is 13.2. The van der Waals surface area contributed by atoms with Crippen molar-refractivity contribution in [1.82, 2.24) is 25.1 Å². The highest BCUT2D eigenvalue weighted by atomic mass is 19.1. The number of benzene rings is 1. The van der Waals surface area contributed by atoms with Crippen molar-refractivity contribution in [2.45, 2.75) is 51.6 Å². The van der Waals surface area contributed by atoms with Crippen LogP contribution in [0.5, 0.6) is 0 Å². The molecule has 1 fully saturated rings. The van der Waals surface area contributed by atoms with Gasteiger partial charge < -0.3 is 15.1 Å². The third-order valence-corrected chi connectivity index (χ3v) is 5.85. The van der Waals surface area contributed by atoms with Gasteiger partial charge in [0, 0.05) is 51.0 Å². The lowest BCUT2D eigenvalue weighted by Crippen LogP contribution is -2.39. The van der Waals surface area contributed by atoms with E-state index in [0.29, 0.717) is 12.6 Å². The Morgan fingerprint density at radius 3 is 2.75 bits per heavy atom. The Hall–Kier alpha value is -2.87. The van der Waals surface area contributed by atoms with Gasteiger partial charge in [-0.1, -0.05) is 18.6 Å². The van der Waals surface area contributed by atoms with Gasteiger partial charge in [-0.15, -0.1) is 0 Å². The van der Waals surface area contributed by atoms with Gasteiger partial charge in [-0.05, 0) is 50.4 Å². The van der Waals surface area contributed by atoms with Gasteiger partial charge in [0.1, 0.15) is 11.5 Å². The molecule has 0 radical (unpaired) electrons. The second-order valence-electron chi connectivity index (χ2n) is 8.28. The molecule has 1 aromatic carbocycles. The van der Waals surface area contributed by atoms with Crippen molar-refractivity contribution in [3.8, 4) is 0 Å². The number of piperidine rings is 1. The smallest absolute Gasteiger partial charge is 0.274 e. The van der Waals surface area contributed by atoms with Gasteiger partial charge >= 0.3 is 0 Å². The van der Waals surface area contributed by atoms with E-state index in [0.717, 1.165) is 25.1 Å². The molecule has 172 valence electrons. The van der Waals surface area contributed by atoms with E-state index in [1.54, 1.807) is 17.0 Å². The molecule has 3 rings (SSSR count). The lowest BCUT2D eigenvalue weighted by Gasteiger charge is -2.33. The molecule has 32 heavy (non-hydrogen) atoms. The third-order valence-electron chi connectivity index (χ3n) is 5.85. The molecule has 1 aliphatic rings. The molecule has 1 saturated heterocycles. The van der Waals surface area contributed by atoms with E-state index >= 15 is 0 Å². The Labute approximate surface area is 189 Å². The van der Waals surface area contributed by atoms with Crippen LogP contribution in [0.4, 0.5) is 4.39 Å². The van der Waals surface area contributed by atoms with Crippen LogP contribution in [0.3, 0.4) is 0 Å². The fourth-order valence-corrected chi connectivity index (χ4v) is 3.96. The Morgan fingerprint density at radius 1 is 1.22 bits per heavy atom. The lowest BCUT2D eigenvalue weighted by atomic mass is 10.0. The van der Waals surface area contributed by atoms with Gasteiger partial charge in [-0.2, -0.15) is 0 Å². The number of likely N-dealkylation sites (tertiary alicyclic amines) is 1. The molecular weight excluding hydrogens is 409 g/mol. The number of carbonyl (C=O) groups excluding carboxylic acids is 2. The Kier molecular flexibility index (Phi) is 9.10. The zero-order valence-electron chi connectivity index (χ0n) is 18.7. The topological polar surface area (TPSA) is 78.4 Å². The van der Waals surface area contributed by atoms with Gasteiger partial charge in [0.2, 0.25) is 5.91 Å². The fraction of sp³-hybridized carbons (Fsp3) is 0.500. The standard InChI is InChI=1S/C24H32FN5O2/c1-19-5-2-3-14-29(19)15-4-11-28-23(31)10-16-30(18-20-6-8-21(25)9-7-20)24(32)22-17-26-12-13-27-22/h6-9,12-13,17,19H,2-5,10-11,14-16,18H2,1H3,(H,28,31). The van der Waals surface area contributed by atoms with E-state index in [1.807, 2.05) is 0 Å². The molecule has 1 aliphatic heterocycles. The number of nitrogens with zero attached hydrogens (tertiary/aromatic N) is 4. The predicted molar refractivity (Wildman–Crippen MR) is 120 cm³/mol. The van der Waals surface area contributed by atoms with Crippen molar-refractivity contribution >= 4 is 11.8 Å². The highest BCUT2D eigenvalue weighted by Crippen LogP contribution is 2.16. The minimum absolute atomic E-state index is 0.0901. The summed E-state index contributed by atoms with van der Waals surface area (Å²) in [6.07, 6.45) is 9.26. The third kappa shape index (κ3) is 7.37. The summed E-state index contributed by atoms with van der Waals surface area (Å²) in [6.45, 7) is 5.51. The van der Waals surface area contributed by atoms with Crippen molar-refractivity contribution in [2.75, 3.05) is 26.2 Å². The van der Waals surface area contributed by atoms with Gasteiger partial charge in [-0.3, -0.25) is 14.6 Å². The summed E-state index contributed by atoms with van der Waals surface area (Å²) < 4.78 is 13.2. The Balaban J connectivity index is 1.49. The second-order valence-corrected chi connectivity index (χ2v) is 8.28. The van der Waals surface area contributed by atoms with Gasteiger partial charge in [0.05, 0.1) is 6.20 Å². The van der Waals surface area contributed by atoms with Crippen LogP contribution in [0.25, 0.3) is 0 Å². The number of nitrogens with one attached hydrogen (secondary N) is 1. The molecule has 1 unspecified atom stereocenters. The maximum atomic E-state index is 13.2. The molecular formula is C24H32FN5O2. The molecule has 0 aliphatic carbocycles. The number of aromatic nitrogens is 2. The SMILES string of the molecule is CC1CCCCN1CCCNC(=O)CCN(Cc1ccc(F)cc1)C(=O)c1cnccn1. The first-order valence-electron chi connectivity index (χ1n) is 11.3. The van der Waals surface area contributed by atoms with E-state index in [1.165, 1.54) is 50.0 Å². The second kappa shape index (κ2) is 12.2. The number of carbonyl (C=O) groups is 2.